The van der Waals surface area contributed by atoms with Crippen molar-refractivity contribution in [3.63, 3.8) is 0 Å². The molecule has 0 saturated heterocycles. The maximum absolute atomic E-state index is 14.3. The molecule has 1 unspecified atom stereocenters. The molecule has 1 atom stereocenters. The first-order valence-electron chi connectivity index (χ1n) is 7.15. The summed E-state index contributed by atoms with van der Waals surface area (Å²) in [6, 6.07) is 8.23. The van der Waals surface area contributed by atoms with Crippen molar-refractivity contribution < 1.29 is 19.0 Å². The van der Waals surface area contributed by atoms with Crippen molar-refractivity contribution in [2.75, 3.05) is 13.2 Å². The van der Waals surface area contributed by atoms with E-state index in [2.05, 4.69) is 15.9 Å². The predicted octanol–water partition coefficient (Wildman–Crippen LogP) is 4.00. The summed E-state index contributed by atoms with van der Waals surface area (Å²) in [5.41, 5.74) is 1.80. The molecule has 0 spiro atoms. The van der Waals surface area contributed by atoms with Gasteiger partial charge in [0, 0.05) is 28.1 Å². The minimum atomic E-state index is -1.08. The van der Waals surface area contributed by atoms with Crippen molar-refractivity contribution in [1.82, 2.24) is 0 Å². The lowest BCUT2D eigenvalue weighted by atomic mass is 9.98. The van der Waals surface area contributed by atoms with E-state index in [0.29, 0.717) is 30.3 Å². The summed E-state index contributed by atoms with van der Waals surface area (Å²) in [5, 5.41) is 10.6. The normalized spacial score (nSPS) is 14.4. The van der Waals surface area contributed by atoms with Gasteiger partial charge in [-0.25, -0.2) is 4.39 Å². The van der Waals surface area contributed by atoms with E-state index in [-0.39, 0.29) is 5.56 Å². The zero-order chi connectivity index (χ0) is 15.7. The average Bonchev–Trinajstić information content (AvgIpc) is 2.94. The largest absolute Gasteiger partial charge is 0.494 e. The summed E-state index contributed by atoms with van der Waals surface area (Å²) in [4.78, 5) is 0. The molecule has 5 heteroatoms. The first kappa shape index (κ1) is 15.3. The zero-order valence-electron chi connectivity index (χ0n) is 12.1. The third-order valence-corrected chi connectivity index (χ3v) is 4.11. The highest BCUT2D eigenvalue weighted by Gasteiger charge is 2.25. The van der Waals surface area contributed by atoms with Crippen molar-refractivity contribution in [2.45, 2.75) is 19.4 Å². The Hall–Kier alpha value is -1.59. The van der Waals surface area contributed by atoms with E-state index in [1.54, 1.807) is 18.2 Å². The lowest BCUT2D eigenvalue weighted by Gasteiger charge is -2.17. The van der Waals surface area contributed by atoms with E-state index in [0.717, 1.165) is 16.5 Å². The zero-order valence-corrected chi connectivity index (χ0v) is 13.7. The molecule has 1 N–H and O–H groups in total. The molecule has 116 valence electrons. The van der Waals surface area contributed by atoms with Crippen LogP contribution in [0, 0.1) is 5.82 Å². The predicted molar refractivity (Wildman–Crippen MR) is 85.0 cm³/mol. The molecule has 2 aromatic rings. The molecule has 0 radical (unpaired) electrons. The number of ether oxygens (including phenoxy) is 2. The lowest BCUT2D eigenvalue weighted by molar-refractivity contribution is 0.208. The minimum Gasteiger partial charge on any atom is -0.494 e. The van der Waals surface area contributed by atoms with Gasteiger partial charge < -0.3 is 14.6 Å². The quantitative estimate of drug-likeness (QED) is 0.888. The summed E-state index contributed by atoms with van der Waals surface area (Å²) in [6.45, 7) is 2.88. The fraction of sp³-hybridized carbons (Fsp3) is 0.294. The standard InChI is InChI=1S/C17H16BrFO3/c1-2-21-12-3-4-13(15(19)9-12)16(20)14-8-11(18)7-10-5-6-22-17(10)14/h3-4,7-9,16,20H,2,5-6H2,1H3. The summed E-state index contributed by atoms with van der Waals surface area (Å²) >= 11 is 3.43. The van der Waals surface area contributed by atoms with Crippen molar-refractivity contribution >= 4 is 15.9 Å². The summed E-state index contributed by atoms with van der Waals surface area (Å²) < 4.78 is 26.0. The summed E-state index contributed by atoms with van der Waals surface area (Å²) in [5.74, 6) is 0.612. The molecule has 3 rings (SSSR count). The molecular weight excluding hydrogens is 351 g/mol. The molecule has 0 bridgehead atoms. The monoisotopic (exact) mass is 366 g/mol. The first-order valence-corrected chi connectivity index (χ1v) is 7.95. The van der Waals surface area contributed by atoms with Gasteiger partial charge in [-0.1, -0.05) is 15.9 Å². The highest BCUT2D eigenvalue weighted by molar-refractivity contribution is 9.10. The van der Waals surface area contributed by atoms with Crippen LogP contribution >= 0.6 is 15.9 Å². The van der Waals surface area contributed by atoms with Gasteiger partial charge in [0.15, 0.2) is 0 Å². The number of rotatable bonds is 4. The SMILES string of the molecule is CCOc1ccc(C(O)c2cc(Br)cc3c2OCC3)c(F)c1. The van der Waals surface area contributed by atoms with E-state index >= 15 is 0 Å². The molecule has 22 heavy (non-hydrogen) atoms. The van der Waals surface area contributed by atoms with E-state index in [1.807, 2.05) is 13.0 Å². The molecule has 1 aliphatic rings. The Morgan fingerprint density at radius 3 is 2.86 bits per heavy atom. The van der Waals surface area contributed by atoms with Gasteiger partial charge in [0.2, 0.25) is 0 Å². The van der Waals surface area contributed by atoms with E-state index < -0.39 is 11.9 Å². The number of fused-ring (bicyclic) bond motifs is 1. The maximum Gasteiger partial charge on any atom is 0.133 e. The number of halogens is 2. The second kappa shape index (κ2) is 6.26. The Bertz CT molecular complexity index is 703. The fourth-order valence-electron chi connectivity index (χ4n) is 2.65. The Balaban J connectivity index is 2.00. The first-order chi connectivity index (χ1) is 10.6. The van der Waals surface area contributed by atoms with E-state index in [1.165, 1.54) is 6.07 Å². The third kappa shape index (κ3) is 2.83. The fourth-order valence-corrected chi connectivity index (χ4v) is 3.18. The van der Waals surface area contributed by atoms with Gasteiger partial charge in [-0.3, -0.25) is 0 Å². The van der Waals surface area contributed by atoms with Crippen LogP contribution in [0.25, 0.3) is 0 Å². The van der Waals surface area contributed by atoms with Gasteiger partial charge in [0.05, 0.1) is 13.2 Å². The highest BCUT2D eigenvalue weighted by atomic mass is 79.9. The third-order valence-electron chi connectivity index (χ3n) is 3.65. The number of aliphatic hydroxyl groups excluding tert-OH is 1. The van der Waals surface area contributed by atoms with Crippen molar-refractivity contribution in [1.29, 1.82) is 0 Å². The Morgan fingerprint density at radius 1 is 1.32 bits per heavy atom. The van der Waals surface area contributed by atoms with Gasteiger partial charge >= 0.3 is 0 Å². The number of hydrogen-bond acceptors (Lipinski definition) is 3. The smallest absolute Gasteiger partial charge is 0.133 e. The molecular formula is C17H16BrFO3. The number of aliphatic hydroxyl groups is 1. The summed E-state index contributed by atoms with van der Waals surface area (Å²) in [6.07, 6.45) is -0.291. The molecule has 0 aliphatic carbocycles. The van der Waals surface area contributed by atoms with E-state index in [4.69, 9.17) is 9.47 Å². The molecule has 1 aliphatic heterocycles. The van der Waals surface area contributed by atoms with Crippen LogP contribution in [-0.4, -0.2) is 18.3 Å². The average molecular weight is 367 g/mol. The molecule has 0 amide bonds. The van der Waals surface area contributed by atoms with Crippen molar-refractivity contribution in [2.24, 2.45) is 0 Å². The van der Waals surface area contributed by atoms with Gasteiger partial charge in [0.25, 0.3) is 0 Å². The van der Waals surface area contributed by atoms with Crippen molar-refractivity contribution in [3.8, 4) is 11.5 Å². The Morgan fingerprint density at radius 2 is 2.14 bits per heavy atom. The van der Waals surface area contributed by atoms with Crippen LogP contribution in [0.2, 0.25) is 0 Å². The Labute approximate surface area is 136 Å². The Kier molecular flexibility index (Phi) is 4.36. The maximum atomic E-state index is 14.3. The van der Waals surface area contributed by atoms with Crippen LogP contribution in [0.3, 0.4) is 0 Å². The minimum absolute atomic E-state index is 0.208. The summed E-state index contributed by atoms with van der Waals surface area (Å²) in [7, 11) is 0. The molecule has 0 saturated carbocycles. The lowest BCUT2D eigenvalue weighted by Crippen LogP contribution is -2.05. The molecule has 0 fully saturated rings. The molecule has 3 nitrogen and oxygen atoms in total. The topological polar surface area (TPSA) is 38.7 Å². The molecule has 1 heterocycles. The molecule has 2 aromatic carbocycles. The van der Waals surface area contributed by atoms with Gasteiger partial charge in [-0.05, 0) is 36.8 Å². The number of hydrogen-bond donors (Lipinski definition) is 1. The second-order valence-corrected chi connectivity index (χ2v) is 6.02. The van der Waals surface area contributed by atoms with Gasteiger partial charge in [0.1, 0.15) is 23.4 Å². The van der Waals surface area contributed by atoms with Crippen LogP contribution in [0.15, 0.2) is 34.8 Å². The second-order valence-electron chi connectivity index (χ2n) is 5.10. The molecule has 0 aromatic heterocycles. The van der Waals surface area contributed by atoms with Crippen LogP contribution in [0.1, 0.15) is 29.7 Å². The van der Waals surface area contributed by atoms with Crippen LogP contribution in [0.5, 0.6) is 11.5 Å². The highest BCUT2D eigenvalue weighted by Crippen LogP contribution is 2.39. The van der Waals surface area contributed by atoms with E-state index in [9.17, 15) is 9.50 Å². The van der Waals surface area contributed by atoms with Gasteiger partial charge in [-0.15, -0.1) is 0 Å². The van der Waals surface area contributed by atoms with Crippen LogP contribution in [0.4, 0.5) is 4.39 Å². The van der Waals surface area contributed by atoms with Crippen molar-refractivity contribution in [3.05, 3.63) is 57.3 Å². The van der Waals surface area contributed by atoms with Crippen LogP contribution in [-0.2, 0) is 6.42 Å². The number of benzene rings is 2. The van der Waals surface area contributed by atoms with Gasteiger partial charge in [-0.2, -0.15) is 0 Å². The van der Waals surface area contributed by atoms with Crippen LogP contribution < -0.4 is 9.47 Å².